The Kier molecular flexibility index (Phi) is 12.4. The standard InChI is InChI=1S/C14H28O4S/c1-2-3-4-5-6-7-8-9-10-11-12-13-14-18-19(15,16)17/h5-6H,2-4,7-14H2,1H3,(H,15,16,17)/p-1/b6-5+. The Labute approximate surface area is 118 Å². The van der Waals surface area contributed by atoms with Crippen molar-refractivity contribution in [2.24, 2.45) is 0 Å². The lowest BCUT2D eigenvalue weighted by Crippen LogP contribution is -2.05. The zero-order valence-corrected chi connectivity index (χ0v) is 12.8. The number of allylic oxidation sites excluding steroid dienone is 2. The highest BCUT2D eigenvalue weighted by Gasteiger charge is 1.95. The molecule has 0 saturated heterocycles. The Hall–Kier alpha value is -0.390. The van der Waals surface area contributed by atoms with Crippen molar-refractivity contribution in [2.45, 2.75) is 71.1 Å². The molecule has 0 bridgehead atoms. The second-order valence-electron chi connectivity index (χ2n) is 4.75. The van der Waals surface area contributed by atoms with E-state index in [1.807, 2.05) is 0 Å². The molecule has 0 heterocycles. The van der Waals surface area contributed by atoms with E-state index in [4.69, 9.17) is 0 Å². The normalized spacial score (nSPS) is 12.3. The number of rotatable bonds is 13. The summed E-state index contributed by atoms with van der Waals surface area (Å²) < 4.78 is 34.6. The average Bonchev–Trinajstić information content (AvgIpc) is 2.34. The monoisotopic (exact) mass is 291 g/mol. The summed E-state index contributed by atoms with van der Waals surface area (Å²) >= 11 is 0. The third-order valence-corrected chi connectivity index (χ3v) is 3.34. The van der Waals surface area contributed by atoms with Crippen molar-refractivity contribution in [2.75, 3.05) is 6.61 Å². The van der Waals surface area contributed by atoms with Gasteiger partial charge >= 0.3 is 0 Å². The van der Waals surface area contributed by atoms with Gasteiger partial charge in [0.25, 0.3) is 0 Å². The number of hydrogen-bond acceptors (Lipinski definition) is 4. The molecule has 0 atom stereocenters. The fraction of sp³-hybridized carbons (Fsp3) is 0.857. The summed E-state index contributed by atoms with van der Waals surface area (Å²) in [6, 6.07) is 0. The number of hydrogen-bond donors (Lipinski definition) is 0. The van der Waals surface area contributed by atoms with Gasteiger partial charge in [-0.25, -0.2) is 8.42 Å². The summed E-state index contributed by atoms with van der Waals surface area (Å²) in [7, 11) is -4.50. The number of unbranched alkanes of at least 4 members (excludes halogenated alkanes) is 8. The van der Waals surface area contributed by atoms with Gasteiger partial charge in [0.15, 0.2) is 0 Å². The van der Waals surface area contributed by atoms with Crippen LogP contribution in [0.1, 0.15) is 71.1 Å². The Bertz CT molecular complexity index is 309. The van der Waals surface area contributed by atoms with E-state index in [1.54, 1.807) is 0 Å². The van der Waals surface area contributed by atoms with Gasteiger partial charge in [0.05, 0.1) is 6.61 Å². The summed E-state index contributed by atoms with van der Waals surface area (Å²) in [5.74, 6) is 0. The van der Waals surface area contributed by atoms with E-state index < -0.39 is 10.4 Å². The highest BCUT2D eigenvalue weighted by atomic mass is 32.3. The van der Waals surface area contributed by atoms with Crippen molar-refractivity contribution in [3.05, 3.63) is 12.2 Å². The molecule has 0 unspecified atom stereocenters. The van der Waals surface area contributed by atoms with Crippen LogP contribution in [-0.4, -0.2) is 19.6 Å². The molecule has 0 rings (SSSR count). The smallest absolute Gasteiger partial charge is 0.217 e. The molecule has 0 aromatic heterocycles. The molecule has 114 valence electrons. The highest BCUT2D eigenvalue weighted by Crippen LogP contribution is 2.08. The van der Waals surface area contributed by atoms with E-state index in [1.165, 1.54) is 32.1 Å². The predicted octanol–water partition coefficient (Wildman–Crippen LogP) is 3.94. The molecule has 0 aromatic carbocycles. The Morgan fingerprint density at radius 1 is 0.895 bits per heavy atom. The lowest BCUT2D eigenvalue weighted by Gasteiger charge is -2.06. The molecule has 0 N–H and O–H groups in total. The van der Waals surface area contributed by atoms with Crippen LogP contribution < -0.4 is 0 Å². The zero-order valence-electron chi connectivity index (χ0n) is 12.0. The van der Waals surface area contributed by atoms with Crippen molar-refractivity contribution < 1.29 is 17.2 Å². The highest BCUT2D eigenvalue weighted by molar-refractivity contribution is 7.80. The largest absolute Gasteiger partial charge is 0.726 e. The van der Waals surface area contributed by atoms with Crippen molar-refractivity contribution in [3.8, 4) is 0 Å². The van der Waals surface area contributed by atoms with E-state index >= 15 is 0 Å². The van der Waals surface area contributed by atoms with E-state index in [0.717, 1.165) is 25.7 Å². The van der Waals surface area contributed by atoms with E-state index in [0.29, 0.717) is 6.42 Å². The van der Waals surface area contributed by atoms with Crippen LogP contribution in [0, 0.1) is 0 Å². The molecule has 0 saturated carbocycles. The van der Waals surface area contributed by atoms with Crippen LogP contribution in [0.15, 0.2) is 12.2 Å². The van der Waals surface area contributed by atoms with Gasteiger partial charge in [0.1, 0.15) is 0 Å². The van der Waals surface area contributed by atoms with Gasteiger partial charge in [-0.2, -0.15) is 0 Å². The van der Waals surface area contributed by atoms with Crippen molar-refractivity contribution >= 4 is 10.4 Å². The Balaban J connectivity index is 3.13. The maximum absolute atomic E-state index is 10.1. The summed E-state index contributed by atoms with van der Waals surface area (Å²) in [5, 5.41) is 0. The minimum Gasteiger partial charge on any atom is -0.726 e. The van der Waals surface area contributed by atoms with Gasteiger partial charge in [-0.05, 0) is 25.7 Å². The predicted molar refractivity (Wildman–Crippen MR) is 76.6 cm³/mol. The fourth-order valence-corrected chi connectivity index (χ4v) is 2.11. The lowest BCUT2D eigenvalue weighted by atomic mass is 10.1. The van der Waals surface area contributed by atoms with Crippen LogP contribution in [0.2, 0.25) is 0 Å². The molecule has 19 heavy (non-hydrogen) atoms. The third-order valence-electron chi connectivity index (χ3n) is 2.88. The van der Waals surface area contributed by atoms with Crippen LogP contribution in [0.3, 0.4) is 0 Å². The minimum absolute atomic E-state index is 0.0198. The minimum atomic E-state index is -4.50. The van der Waals surface area contributed by atoms with Gasteiger partial charge in [-0.15, -0.1) is 0 Å². The second-order valence-corrected chi connectivity index (χ2v) is 5.81. The average molecular weight is 291 g/mol. The molecule has 0 fully saturated rings. The first kappa shape index (κ1) is 18.6. The van der Waals surface area contributed by atoms with Crippen LogP contribution >= 0.6 is 0 Å². The quantitative estimate of drug-likeness (QED) is 0.223. The van der Waals surface area contributed by atoms with Gasteiger partial charge in [-0.3, -0.25) is 4.18 Å². The first-order chi connectivity index (χ1) is 9.06. The molecule has 4 nitrogen and oxygen atoms in total. The molecule has 0 spiro atoms. The van der Waals surface area contributed by atoms with Gasteiger partial charge in [0, 0.05) is 0 Å². The first-order valence-corrected chi connectivity index (χ1v) is 8.65. The molecule has 0 aliphatic heterocycles. The van der Waals surface area contributed by atoms with Gasteiger partial charge < -0.3 is 4.55 Å². The second kappa shape index (κ2) is 12.6. The molecular weight excluding hydrogens is 264 g/mol. The molecule has 0 radical (unpaired) electrons. The maximum Gasteiger partial charge on any atom is 0.217 e. The van der Waals surface area contributed by atoms with Gasteiger partial charge in [-0.1, -0.05) is 57.6 Å². The Morgan fingerprint density at radius 3 is 2.00 bits per heavy atom. The molecular formula is C14H27O4S-. The maximum atomic E-state index is 10.1. The summed E-state index contributed by atoms with van der Waals surface area (Å²) in [6.45, 7) is 2.22. The van der Waals surface area contributed by atoms with Crippen LogP contribution in [0.4, 0.5) is 0 Å². The van der Waals surface area contributed by atoms with E-state index in [2.05, 4.69) is 23.3 Å². The van der Waals surface area contributed by atoms with E-state index in [-0.39, 0.29) is 6.61 Å². The molecule has 0 aromatic rings. The lowest BCUT2D eigenvalue weighted by molar-refractivity contribution is 0.255. The van der Waals surface area contributed by atoms with Crippen molar-refractivity contribution in [3.63, 3.8) is 0 Å². The molecule has 0 aliphatic rings. The summed E-state index contributed by atoms with van der Waals surface area (Å²) in [4.78, 5) is 0. The van der Waals surface area contributed by atoms with Crippen LogP contribution in [0.25, 0.3) is 0 Å². The van der Waals surface area contributed by atoms with Crippen LogP contribution in [-0.2, 0) is 14.6 Å². The third kappa shape index (κ3) is 17.6. The Morgan fingerprint density at radius 2 is 1.42 bits per heavy atom. The zero-order chi connectivity index (χ0) is 14.4. The fourth-order valence-electron chi connectivity index (χ4n) is 1.79. The summed E-state index contributed by atoms with van der Waals surface area (Å²) in [6.07, 6.45) is 15.6. The van der Waals surface area contributed by atoms with Crippen LogP contribution in [0.5, 0.6) is 0 Å². The van der Waals surface area contributed by atoms with Crippen molar-refractivity contribution in [1.29, 1.82) is 0 Å². The molecule has 0 amide bonds. The van der Waals surface area contributed by atoms with E-state index in [9.17, 15) is 13.0 Å². The molecule has 5 heteroatoms. The first-order valence-electron chi connectivity index (χ1n) is 7.31. The van der Waals surface area contributed by atoms with Crippen molar-refractivity contribution in [1.82, 2.24) is 0 Å². The SMILES string of the molecule is CCCC/C=C/CCCCCCCCOS(=O)(=O)[O-]. The topological polar surface area (TPSA) is 66.4 Å². The summed E-state index contributed by atoms with van der Waals surface area (Å²) in [5.41, 5.74) is 0. The molecule has 0 aliphatic carbocycles. The van der Waals surface area contributed by atoms with Gasteiger partial charge in [0.2, 0.25) is 10.4 Å².